The number of nitrogens with one attached hydrogen (secondary N) is 1. The van der Waals surface area contributed by atoms with Crippen LogP contribution < -0.4 is 5.32 Å². The third kappa shape index (κ3) is 3.70. The number of nitrogens with zero attached hydrogens (tertiary/aromatic N) is 1. The number of halogens is 1. The summed E-state index contributed by atoms with van der Waals surface area (Å²) in [5.74, 6) is 0.0554. The van der Waals surface area contributed by atoms with Gasteiger partial charge in [0.1, 0.15) is 5.82 Å². The van der Waals surface area contributed by atoms with Crippen LogP contribution in [0.25, 0.3) is 0 Å². The third-order valence-corrected chi connectivity index (χ3v) is 1.90. The van der Waals surface area contributed by atoms with Crippen LogP contribution in [0.4, 0.5) is 10.2 Å². The van der Waals surface area contributed by atoms with Gasteiger partial charge >= 0.3 is 0 Å². The molecular formula is C10H15FN2O. The standard InChI is InChI=1S/C10H15FN2O/c1-8(4-3-7-14)12-10-6-2-5-9(11)13-10/h2,5-6,8,14H,3-4,7H2,1H3,(H,12,13). The van der Waals surface area contributed by atoms with Crippen molar-refractivity contribution < 1.29 is 9.50 Å². The molecule has 3 nitrogen and oxygen atoms in total. The van der Waals surface area contributed by atoms with Crippen LogP contribution in [-0.4, -0.2) is 22.7 Å². The summed E-state index contributed by atoms with van der Waals surface area (Å²) in [5.41, 5.74) is 0. The molecule has 14 heavy (non-hydrogen) atoms. The van der Waals surface area contributed by atoms with E-state index >= 15 is 0 Å². The summed E-state index contributed by atoms with van der Waals surface area (Å²) in [6.45, 7) is 2.16. The third-order valence-electron chi connectivity index (χ3n) is 1.90. The Bertz CT molecular complexity index is 281. The van der Waals surface area contributed by atoms with Crippen molar-refractivity contribution in [2.75, 3.05) is 11.9 Å². The van der Waals surface area contributed by atoms with Crippen LogP contribution >= 0.6 is 0 Å². The molecule has 1 rings (SSSR count). The first-order chi connectivity index (χ1) is 6.72. The van der Waals surface area contributed by atoms with Gasteiger partial charge in [0, 0.05) is 12.6 Å². The quantitative estimate of drug-likeness (QED) is 0.709. The Balaban J connectivity index is 2.43. The molecule has 0 amide bonds. The molecular weight excluding hydrogens is 183 g/mol. The van der Waals surface area contributed by atoms with Crippen molar-refractivity contribution in [2.45, 2.75) is 25.8 Å². The molecule has 0 saturated carbocycles. The highest BCUT2D eigenvalue weighted by molar-refractivity contribution is 5.34. The summed E-state index contributed by atoms with van der Waals surface area (Å²) in [7, 11) is 0. The maximum atomic E-state index is 12.7. The lowest BCUT2D eigenvalue weighted by Gasteiger charge is -2.13. The van der Waals surface area contributed by atoms with Crippen LogP contribution in [0, 0.1) is 5.95 Å². The predicted octanol–water partition coefficient (Wildman–Crippen LogP) is 1.79. The molecule has 0 saturated heterocycles. The average Bonchev–Trinajstić information content (AvgIpc) is 2.15. The number of aliphatic hydroxyl groups excluding tert-OH is 1. The second-order valence-corrected chi connectivity index (χ2v) is 3.26. The van der Waals surface area contributed by atoms with Crippen molar-refractivity contribution in [2.24, 2.45) is 0 Å². The van der Waals surface area contributed by atoms with Gasteiger partial charge in [0.05, 0.1) is 0 Å². The van der Waals surface area contributed by atoms with Gasteiger partial charge in [0.25, 0.3) is 0 Å². The SMILES string of the molecule is CC(CCCO)Nc1cccc(F)n1. The number of hydrogen-bond acceptors (Lipinski definition) is 3. The summed E-state index contributed by atoms with van der Waals surface area (Å²) in [6, 6.07) is 4.84. The smallest absolute Gasteiger partial charge is 0.214 e. The van der Waals surface area contributed by atoms with Gasteiger partial charge in [0.15, 0.2) is 0 Å². The molecule has 1 aromatic heterocycles. The Kier molecular flexibility index (Phi) is 4.32. The van der Waals surface area contributed by atoms with Gasteiger partial charge in [0.2, 0.25) is 5.95 Å². The number of hydrogen-bond donors (Lipinski definition) is 2. The van der Waals surface area contributed by atoms with Crippen molar-refractivity contribution in [1.82, 2.24) is 4.98 Å². The Morgan fingerprint density at radius 2 is 2.36 bits per heavy atom. The Hall–Kier alpha value is -1.16. The molecule has 0 bridgehead atoms. The number of rotatable bonds is 5. The highest BCUT2D eigenvalue weighted by Gasteiger charge is 2.02. The average molecular weight is 198 g/mol. The van der Waals surface area contributed by atoms with Crippen molar-refractivity contribution in [3.05, 3.63) is 24.1 Å². The fourth-order valence-electron chi connectivity index (χ4n) is 1.21. The maximum Gasteiger partial charge on any atom is 0.214 e. The number of aliphatic hydroxyl groups is 1. The Morgan fingerprint density at radius 3 is 3.00 bits per heavy atom. The molecule has 0 fully saturated rings. The van der Waals surface area contributed by atoms with E-state index in [2.05, 4.69) is 10.3 Å². The molecule has 1 aromatic rings. The number of pyridine rings is 1. The van der Waals surface area contributed by atoms with Gasteiger partial charge < -0.3 is 10.4 Å². The fourth-order valence-corrected chi connectivity index (χ4v) is 1.21. The molecule has 0 aliphatic rings. The lowest BCUT2D eigenvalue weighted by molar-refractivity contribution is 0.282. The summed E-state index contributed by atoms with van der Waals surface area (Å²) >= 11 is 0. The normalized spacial score (nSPS) is 12.5. The van der Waals surface area contributed by atoms with Gasteiger partial charge in [-0.15, -0.1) is 0 Å². The monoisotopic (exact) mass is 198 g/mol. The zero-order valence-corrected chi connectivity index (χ0v) is 8.20. The zero-order valence-electron chi connectivity index (χ0n) is 8.20. The van der Waals surface area contributed by atoms with Crippen LogP contribution in [0.5, 0.6) is 0 Å². The van der Waals surface area contributed by atoms with Gasteiger partial charge in [-0.1, -0.05) is 6.07 Å². The van der Waals surface area contributed by atoms with E-state index in [1.807, 2.05) is 6.92 Å². The Labute approximate surface area is 83.0 Å². The molecule has 0 aliphatic heterocycles. The highest BCUT2D eigenvalue weighted by atomic mass is 19.1. The summed E-state index contributed by atoms with van der Waals surface area (Å²) in [4.78, 5) is 3.68. The van der Waals surface area contributed by atoms with Crippen LogP contribution in [0.2, 0.25) is 0 Å². The number of anilines is 1. The van der Waals surface area contributed by atoms with Crippen molar-refractivity contribution in [3.63, 3.8) is 0 Å². The first-order valence-electron chi connectivity index (χ1n) is 4.72. The molecule has 0 radical (unpaired) electrons. The van der Waals surface area contributed by atoms with Crippen LogP contribution in [-0.2, 0) is 0 Å². The minimum absolute atomic E-state index is 0.183. The molecule has 1 atom stereocenters. The van der Waals surface area contributed by atoms with E-state index in [1.165, 1.54) is 6.07 Å². The maximum absolute atomic E-state index is 12.7. The van der Waals surface area contributed by atoms with E-state index < -0.39 is 5.95 Å². The molecule has 78 valence electrons. The van der Waals surface area contributed by atoms with Gasteiger partial charge in [-0.3, -0.25) is 0 Å². The molecule has 2 N–H and O–H groups in total. The van der Waals surface area contributed by atoms with E-state index in [1.54, 1.807) is 12.1 Å². The Morgan fingerprint density at radius 1 is 1.57 bits per heavy atom. The second-order valence-electron chi connectivity index (χ2n) is 3.26. The second kappa shape index (κ2) is 5.54. The first-order valence-corrected chi connectivity index (χ1v) is 4.72. The highest BCUT2D eigenvalue weighted by Crippen LogP contribution is 2.07. The van der Waals surface area contributed by atoms with E-state index in [0.29, 0.717) is 5.82 Å². The van der Waals surface area contributed by atoms with Crippen LogP contribution in [0.3, 0.4) is 0 Å². The van der Waals surface area contributed by atoms with E-state index in [4.69, 9.17) is 5.11 Å². The molecule has 0 aliphatic carbocycles. The summed E-state index contributed by atoms with van der Waals surface area (Å²) in [6.07, 6.45) is 1.58. The molecule has 0 spiro atoms. The summed E-state index contributed by atoms with van der Waals surface area (Å²) in [5, 5.41) is 11.7. The van der Waals surface area contributed by atoms with Crippen LogP contribution in [0.1, 0.15) is 19.8 Å². The predicted molar refractivity (Wildman–Crippen MR) is 53.6 cm³/mol. The van der Waals surface area contributed by atoms with E-state index in [0.717, 1.165) is 12.8 Å². The zero-order chi connectivity index (χ0) is 10.4. The van der Waals surface area contributed by atoms with Crippen LogP contribution in [0.15, 0.2) is 18.2 Å². The number of aromatic nitrogens is 1. The van der Waals surface area contributed by atoms with Crippen molar-refractivity contribution in [1.29, 1.82) is 0 Å². The van der Waals surface area contributed by atoms with Gasteiger partial charge in [-0.2, -0.15) is 4.39 Å². The first kappa shape index (κ1) is 10.9. The molecule has 1 unspecified atom stereocenters. The molecule has 4 heteroatoms. The summed E-state index contributed by atoms with van der Waals surface area (Å²) < 4.78 is 12.7. The largest absolute Gasteiger partial charge is 0.396 e. The topological polar surface area (TPSA) is 45.1 Å². The van der Waals surface area contributed by atoms with E-state index in [-0.39, 0.29) is 12.6 Å². The fraction of sp³-hybridized carbons (Fsp3) is 0.500. The molecule has 1 heterocycles. The minimum atomic E-state index is -0.482. The van der Waals surface area contributed by atoms with Crippen molar-refractivity contribution >= 4 is 5.82 Å². The van der Waals surface area contributed by atoms with Gasteiger partial charge in [-0.05, 0) is 31.9 Å². The minimum Gasteiger partial charge on any atom is -0.396 e. The lowest BCUT2D eigenvalue weighted by Crippen LogP contribution is -2.16. The van der Waals surface area contributed by atoms with Gasteiger partial charge in [-0.25, -0.2) is 4.98 Å². The lowest BCUT2D eigenvalue weighted by atomic mass is 10.2. The molecule has 0 aromatic carbocycles. The van der Waals surface area contributed by atoms with E-state index in [9.17, 15) is 4.39 Å². The van der Waals surface area contributed by atoms with Crippen molar-refractivity contribution in [3.8, 4) is 0 Å².